The van der Waals surface area contributed by atoms with Crippen molar-refractivity contribution in [2.45, 2.75) is 31.0 Å². The van der Waals surface area contributed by atoms with Gasteiger partial charge in [0.1, 0.15) is 5.82 Å². The topological polar surface area (TPSA) is 35.5 Å². The maximum atomic E-state index is 13.4. The predicted molar refractivity (Wildman–Crippen MR) is 94.1 cm³/mol. The van der Waals surface area contributed by atoms with Crippen LogP contribution in [0.5, 0.6) is 0 Å². The Morgan fingerprint density at radius 3 is 2.58 bits per heavy atom. The molecule has 0 amide bonds. The average Bonchev–Trinajstić information content (AvgIpc) is 3.35. The number of hydrogen-bond donors (Lipinski definition) is 2. The van der Waals surface area contributed by atoms with Crippen molar-refractivity contribution < 1.29 is 9.50 Å². The van der Waals surface area contributed by atoms with Gasteiger partial charge in [-0.05, 0) is 43.1 Å². The van der Waals surface area contributed by atoms with Gasteiger partial charge in [-0.1, -0.05) is 42.5 Å². The average molecular weight is 328 g/mol. The van der Waals surface area contributed by atoms with Gasteiger partial charge in [0, 0.05) is 25.2 Å². The van der Waals surface area contributed by atoms with E-state index in [1.165, 1.54) is 11.6 Å². The smallest absolute Gasteiger partial charge is 0.123 e. The highest BCUT2D eigenvalue weighted by molar-refractivity contribution is 5.30. The molecule has 1 aliphatic rings. The van der Waals surface area contributed by atoms with E-state index >= 15 is 0 Å². The molecule has 0 heterocycles. The second-order valence-corrected chi connectivity index (χ2v) is 6.81. The molecule has 2 N–H and O–H groups in total. The van der Waals surface area contributed by atoms with Crippen LogP contribution in [0.3, 0.4) is 0 Å². The zero-order valence-corrected chi connectivity index (χ0v) is 14.1. The normalized spacial score (nSPS) is 17.0. The molecule has 2 aromatic rings. The summed E-state index contributed by atoms with van der Waals surface area (Å²) < 4.78 is 13.4. The van der Waals surface area contributed by atoms with Crippen LogP contribution in [0, 0.1) is 5.82 Å². The zero-order valence-electron chi connectivity index (χ0n) is 14.1. The molecule has 4 heteroatoms. The Bertz CT molecular complexity index is 658. The number of hydrogen-bond acceptors (Lipinski definition) is 3. The van der Waals surface area contributed by atoms with E-state index in [0.29, 0.717) is 13.1 Å². The number of nitrogens with one attached hydrogen (secondary N) is 1. The first-order chi connectivity index (χ1) is 11.6. The predicted octanol–water partition coefficient (Wildman–Crippen LogP) is 2.90. The Hall–Kier alpha value is -1.75. The van der Waals surface area contributed by atoms with Crippen molar-refractivity contribution in [3.05, 3.63) is 71.5 Å². The molecule has 3 rings (SSSR count). The summed E-state index contributed by atoms with van der Waals surface area (Å²) in [4.78, 5) is 2.11. The van der Waals surface area contributed by atoms with E-state index in [9.17, 15) is 9.50 Å². The van der Waals surface area contributed by atoms with Crippen LogP contribution in [0.4, 0.5) is 4.39 Å². The van der Waals surface area contributed by atoms with Crippen molar-refractivity contribution in [2.75, 3.05) is 20.1 Å². The van der Waals surface area contributed by atoms with Gasteiger partial charge in [-0.2, -0.15) is 0 Å². The van der Waals surface area contributed by atoms with E-state index in [2.05, 4.69) is 22.3 Å². The zero-order chi connectivity index (χ0) is 17.0. The van der Waals surface area contributed by atoms with Crippen molar-refractivity contribution in [3.63, 3.8) is 0 Å². The van der Waals surface area contributed by atoms with Crippen molar-refractivity contribution in [1.82, 2.24) is 10.2 Å². The molecule has 3 nitrogen and oxygen atoms in total. The summed E-state index contributed by atoms with van der Waals surface area (Å²) in [6, 6.07) is 17.0. The van der Waals surface area contributed by atoms with Crippen LogP contribution in [-0.4, -0.2) is 36.2 Å². The molecule has 0 aliphatic heterocycles. The first-order valence-corrected chi connectivity index (χ1v) is 8.49. The molecule has 1 unspecified atom stereocenters. The molecular weight excluding hydrogens is 303 g/mol. The van der Waals surface area contributed by atoms with Gasteiger partial charge in [-0.15, -0.1) is 0 Å². The first-order valence-electron chi connectivity index (χ1n) is 8.49. The van der Waals surface area contributed by atoms with Gasteiger partial charge in [-0.3, -0.25) is 4.90 Å². The molecule has 0 aromatic heterocycles. The summed E-state index contributed by atoms with van der Waals surface area (Å²) in [6.07, 6.45) is 1.52. The first kappa shape index (κ1) is 17.1. The highest BCUT2D eigenvalue weighted by Gasteiger charge is 2.44. The van der Waals surface area contributed by atoms with Crippen LogP contribution in [-0.2, 0) is 12.1 Å². The fourth-order valence-electron chi connectivity index (χ4n) is 3.18. The Balaban J connectivity index is 1.48. The molecule has 1 aliphatic carbocycles. The van der Waals surface area contributed by atoms with Crippen LogP contribution < -0.4 is 5.32 Å². The van der Waals surface area contributed by atoms with Gasteiger partial charge in [0.2, 0.25) is 0 Å². The van der Waals surface area contributed by atoms with Crippen LogP contribution in [0.2, 0.25) is 0 Å². The Morgan fingerprint density at radius 2 is 1.92 bits per heavy atom. The molecule has 0 bridgehead atoms. The van der Waals surface area contributed by atoms with E-state index in [1.54, 1.807) is 12.1 Å². The van der Waals surface area contributed by atoms with Gasteiger partial charge in [0.15, 0.2) is 0 Å². The monoisotopic (exact) mass is 328 g/mol. The molecule has 24 heavy (non-hydrogen) atoms. The Morgan fingerprint density at radius 1 is 1.17 bits per heavy atom. The highest BCUT2D eigenvalue weighted by Crippen LogP contribution is 2.45. The quantitative estimate of drug-likeness (QED) is 0.782. The number of benzene rings is 2. The molecule has 2 aromatic carbocycles. The molecule has 1 saturated carbocycles. The third kappa shape index (κ3) is 4.41. The SMILES string of the molecule is CN(Cc1ccccc1)CC(O)CNC1(c2cccc(F)c2)CC1. The summed E-state index contributed by atoms with van der Waals surface area (Å²) in [5, 5.41) is 13.8. The van der Waals surface area contributed by atoms with Gasteiger partial charge in [0.05, 0.1) is 6.10 Å². The summed E-state index contributed by atoms with van der Waals surface area (Å²) in [6.45, 7) is 1.92. The third-order valence-corrected chi connectivity index (χ3v) is 4.62. The summed E-state index contributed by atoms with van der Waals surface area (Å²) in [5.74, 6) is -0.205. The standard InChI is InChI=1S/C20H25FN2O/c1-23(14-16-6-3-2-4-7-16)15-19(24)13-22-20(10-11-20)17-8-5-9-18(21)12-17/h2-9,12,19,22,24H,10-11,13-15H2,1H3. The minimum absolute atomic E-state index is 0.152. The number of aliphatic hydroxyl groups excluding tert-OH is 1. The summed E-state index contributed by atoms with van der Waals surface area (Å²) in [5.41, 5.74) is 2.06. The van der Waals surface area contributed by atoms with E-state index < -0.39 is 6.10 Å². The van der Waals surface area contributed by atoms with Crippen molar-refractivity contribution in [2.24, 2.45) is 0 Å². The third-order valence-electron chi connectivity index (χ3n) is 4.62. The number of likely N-dealkylation sites (N-methyl/N-ethyl adjacent to an activating group) is 1. The molecule has 0 saturated heterocycles. The number of nitrogens with zero attached hydrogens (tertiary/aromatic N) is 1. The molecular formula is C20H25FN2O. The number of aliphatic hydroxyl groups is 1. The van der Waals surface area contributed by atoms with Crippen molar-refractivity contribution >= 4 is 0 Å². The number of rotatable bonds is 8. The van der Waals surface area contributed by atoms with Crippen LogP contribution in [0.15, 0.2) is 54.6 Å². The minimum atomic E-state index is -0.454. The highest BCUT2D eigenvalue weighted by atomic mass is 19.1. The second kappa shape index (κ2) is 7.43. The fourth-order valence-corrected chi connectivity index (χ4v) is 3.18. The van der Waals surface area contributed by atoms with Crippen molar-refractivity contribution in [3.8, 4) is 0 Å². The largest absolute Gasteiger partial charge is 0.390 e. The van der Waals surface area contributed by atoms with Gasteiger partial charge < -0.3 is 10.4 Å². The lowest BCUT2D eigenvalue weighted by atomic mass is 10.0. The molecule has 0 radical (unpaired) electrons. The lowest BCUT2D eigenvalue weighted by Crippen LogP contribution is -2.40. The van der Waals surface area contributed by atoms with Gasteiger partial charge in [-0.25, -0.2) is 4.39 Å². The Labute approximate surface area is 143 Å². The van der Waals surface area contributed by atoms with E-state index in [-0.39, 0.29) is 11.4 Å². The van der Waals surface area contributed by atoms with Crippen LogP contribution in [0.25, 0.3) is 0 Å². The minimum Gasteiger partial charge on any atom is -0.390 e. The van der Waals surface area contributed by atoms with Crippen LogP contribution >= 0.6 is 0 Å². The van der Waals surface area contributed by atoms with Gasteiger partial charge in [0.25, 0.3) is 0 Å². The maximum absolute atomic E-state index is 13.4. The maximum Gasteiger partial charge on any atom is 0.123 e. The molecule has 0 spiro atoms. The lowest BCUT2D eigenvalue weighted by Gasteiger charge is -2.24. The van der Waals surface area contributed by atoms with E-state index in [0.717, 1.165) is 24.9 Å². The van der Waals surface area contributed by atoms with E-state index in [4.69, 9.17) is 0 Å². The van der Waals surface area contributed by atoms with Crippen molar-refractivity contribution in [1.29, 1.82) is 0 Å². The summed E-state index contributed by atoms with van der Waals surface area (Å²) >= 11 is 0. The van der Waals surface area contributed by atoms with Crippen LogP contribution in [0.1, 0.15) is 24.0 Å². The molecule has 1 atom stereocenters. The van der Waals surface area contributed by atoms with E-state index in [1.807, 2.05) is 31.3 Å². The van der Waals surface area contributed by atoms with Gasteiger partial charge >= 0.3 is 0 Å². The molecule has 1 fully saturated rings. The second-order valence-electron chi connectivity index (χ2n) is 6.81. The summed E-state index contributed by atoms with van der Waals surface area (Å²) in [7, 11) is 2.01. The number of halogens is 1. The lowest BCUT2D eigenvalue weighted by molar-refractivity contribution is 0.117. The fraction of sp³-hybridized carbons (Fsp3) is 0.400. The molecule has 128 valence electrons. The Kier molecular flexibility index (Phi) is 5.29.